The van der Waals surface area contributed by atoms with E-state index in [4.69, 9.17) is 0 Å². The SMILES string of the molecule is CN=C(NCc1cnn(C)c1)NCc1cc(F)ccc1F.I. The maximum atomic E-state index is 13.5. The van der Waals surface area contributed by atoms with Gasteiger partial charge in [0, 0.05) is 44.5 Å². The Balaban J connectivity index is 0.00000242. The second-order valence-electron chi connectivity index (χ2n) is 4.54. The zero-order valence-corrected chi connectivity index (χ0v) is 14.6. The summed E-state index contributed by atoms with van der Waals surface area (Å²) in [5.74, 6) is -0.416. The molecule has 0 amide bonds. The van der Waals surface area contributed by atoms with Crippen molar-refractivity contribution in [1.82, 2.24) is 20.4 Å². The molecule has 0 unspecified atom stereocenters. The van der Waals surface area contributed by atoms with E-state index >= 15 is 0 Å². The summed E-state index contributed by atoms with van der Waals surface area (Å²) in [4.78, 5) is 4.03. The van der Waals surface area contributed by atoms with Gasteiger partial charge in [-0.3, -0.25) is 9.67 Å². The molecule has 1 aromatic carbocycles. The molecule has 0 saturated heterocycles. The minimum Gasteiger partial charge on any atom is -0.352 e. The van der Waals surface area contributed by atoms with Gasteiger partial charge in [-0.2, -0.15) is 5.10 Å². The highest BCUT2D eigenvalue weighted by atomic mass is 127. The van der Waals surface area contributed by atoms with Gasteiger partial charge in [-0.1, -0.05) is 0 Å². The largest absolute Gasteiger partial charge is 0.352 e. The Morgan fingerprint density at radius 2 is 2.00 bits per heavy atom. The van der Waals surface area contributed by atoms with Gasteiger partial charge >= 0.3 is 0 Å². The molecule has 0 atom stereocenters. The highest BCUT2D eigenvalue weighted by molar-refractivity contribution is 14.0. The van der Waals surface area contributed by atoms with E-state index in [2.05, 4.69) is 20.7 Å². The fourth-order valence-corrected chi connectivity index (χ4v) is 1.83. The molecule has 1 heterocycles. The summed E-state index contributed by atoms with van der Waals surface area (Å²) in [6.07, 6.45) is 3.62. The lowest BCUT2D eigenvalue weighted by Crippen LogP contribution is -2.36. The van der Waals surface area contributed by atoms with E-state index in [-0.39, 0.29) is 36.1 Å². The molecular formula is C14H18F2IN5. The van der Waals surface area contributed by atoms with E-state index in [9.17, 15) is 8.78 Å². The number of benzene rings is 1. The molecule has 0 radical (unpaired) electrons. The fraction of sp³-hybridized carbons (Fsp3) is 0.286. The van der Waals surface area contributed by atoms with Crippen molar-refractivity contribution in [2.75, 3.05) is 7.05 Å². The summed E-state index contributed by atoms with van der Waals surface area (Å²) in [5.41, 5.74) is 1.25. The molecule has 1 aromatic heterocycles. The first-order valence-corrected chi connectivity index (χ1v) is 6.44. The number of nitrogens with zero attached hydrogens (tertiary/aromatic N) is 3. The van der Waals surface area contributed by atoms with Crippen LogP contribution in [0.25, 0.3) is 0 Å². The van der Waals surface area contributed by atoms with E-state index in [0.29, 0.717) is 12.5 Å². The summed E-state index contributed by atoms with van der Waals surface area (Å²) in [5, 5.41) is 10.1. The van der Waals surface area contributed by atoms with Crippen molar-refractivity contribution in [2.24, 2.45) is 12.0 Å². The molecule has 0 aliphatic carbocycles. The van der Waals surface area contributed by atoms with Gasteiger partial charge in [-0.05, 0) is 18.2 Å². The highest BCUT2D eigenvalue weighted by Gasteiger charge is 2.05. The van der Waals surface area contributed by atoms with Crippen molar-refractivity contribution in [3.8, 4) is 0 Å². The number of rotatable bonds is 4. The number of hydrogen-bond donors (Lipinski definition) is 2. The third kappa shape index (κ3) is 5.24. The molecule has 22 heavy (non-hydrogen) atoms. The van der Waals surface area contributed by atoms with Crippen molar-refractivity contribution in [1.29, 1.82) is 0 Å². The van der Waals surface area contributed by atoms with E-state index in [1.807, 2.05) is 13.2 Å². The van der Waals surface area contributed by atoms with Gasteiger partial charge in [0.2, 0.25) is 0 Å². The minimum atomic E-state index is -0.466. The van der Waals surface area contributed by atoms with Crippen molar-refractivity contribution in [3.05, 3.63) is 53.4 Å². The fourth-order valence-electron chi connectivity index (χ4n) is 1.83. The van der Waals surface area contributed by atoms with Crippen LogP contribution in [-0.2, 0) is 20.1 Å². The Kier molecular flexibility index (Phi) is 7.22. The van der Waals surface area contributed by atoms with Crippen LogP contribution in [0.5, 0.6) is 0 Å². The monoisotopic (exact) mass is 421 g/mol. The third-order valence-corrected chi connectivity index (χ3v) is 2.90. The predicted octanol–water partition coefficient (Wildman–Crippen LogP) is 2.18. The number of nitrogens with one attached hydrogen (secondary N) is 2. The normalized spacial score (nSPS) is 11.0. The van der Waals surface area contributed by atoms with E-state index in [1.54, 1.807) is 17.9 Å². The molecule has 2 N–H and O–H groups in total. The van der Waals surface area contributed by atoms with Gasteiger partial charge in [0.15, 0.2) is 5.96 Å². The first-order chi connectivity index (χ1) is 10.1. The summed E-state index contributed by atoms with van der Waals surface area (Å²) in [6, 6.07) is 3.36. The Hall–Kier alpha value is -1.71. The van der Waals surface area contributed by atoms with Crippen LogP contribution in [0, 0.1) is 11.6 Å². The van der Waals surface area contributed by atoms with Gasteiger partial charge in [0.25, 0.3) is 0 Å². The topological polar surface area (TPSA) is 54.2 Å². The van der Waals surface area contributed by atoms with Gasteiger partial charge in [0.1, 0.15) is 11.6 Å². The van der Waals surface area contributed by atoms with Crippen LogP contribution in [0.1, 0.15) is 11.1 Å². The van der Waals surface area contributed by atoms with Crippen LogP contribution in [0.15, 0.2) is 35.6 Å². The summed E-state index contributed by atoms with van der Waals surface area (Å²) < 4.78 is 28.3. The second-order valence-corrected chi connectivity index (χ2v) is 4.54. The molecule has 0 aliphatic rings. The number of aliphatic imine (C=N–C) groups is 1. The van der Waals surface area contributed by atoms with Crippen LogP contribution >= 0.6 is 24.0 Å². The van der Waals surface area contributed by atoms with E-state index in [1.165, 1.54) is 0 Å². The zero-order valence-electron chi connectivity index (χ0n) is 12.3. The summed E-state index contributed by atoms with van der Waals surface area (Å²) in [6.45, 7) is 0.690. The van der Waals surface area contributed by atoms with Gasteiger partial charge in [0.05, 0.1) is 6.20 Å². The molecule has 5 nitrogen and oxygen atoms in total. The van der Waals surface area contributed by atoms with Crippen LogP contribution in [0.3, 0.4) is 0 Å². The maximum absolute atomic E-state index is 13.5. The van der Waals surface area contributed by atoms with E-state index in [0.717, 1.165) is 23.8 Å². The van der Waals surface area contributed by atoms with Crippen LogP contribution < -0.4 is 10.6 Å². The highest BCUT2D eigenvalue weighted by Crippen LogP contribution is 2.09. The Bertz CT molecular complexity index is 642. The van der Waals surface area contributed by atoms with Gasteiger partial charge in [-0.15, -0.1) is 24.0 Å². The Morgan fingerprint density at radius 1 is 1.27 bits per heavy atom. The van der Waals surface area contributed by atoms with Gasteiger partial charge < -0.3 is 10.6 Å². The lowest BCUT2D eigenvalue weighted by Gasteiger charge is -2.11. The van der Waals surface area contributed by atoms with E-state index < -0.39 is 11.6 Å². The molecule has 0 saturated carbocycles. The third-order valence-electron chi connectivity index (χ3n) is 2.90. The number of aromatic nitrogens is 2. The molecule has 2 aromatic rings. The smallest absolute Gasteiger partial charge is 0.191 e. The van der Waals surface area contributed by atoms with Crippen molar-refractivity contribution in [2.45, 2.75) is 13.1 Å². The lowest BCUT2D eigenvalue weighted by molar-refractivity contribution is 0.581. The standard InChI is InChI=1S/C14H17F2N5.HI/c1-17-14(18-6-10-7-20-21(2)9-10)19-8-11-5-12(15)3-4-13(11)16;/h3-5,7,9H,6,8H2,1-2H3,(H2,17,18,19);1H. The van der Waals surface area contributed by atoms with Crippen LogP contribution in [-0.4, -0.2) is 22.8 Å². The molecule has 120 valence electrons. The van der Waals surface area contributed by atoms with Crippen LogP contribution in [0.2, 0.25) is 0 Å². The predicted molar refractivity (Wildman–Crippen MR) is 92.0 cm³/mol. The van der Waals surface area contributed by atoms with Crippen LogP contribution in [0.4, 0.5) is 8.78 Å². The van der Waals surface area contributed by atoms with Crippen molar-refractivity contribution in [3.63, 3.8) is 0 Å². The molecular weight excluding hydrogens is 403 g/mol. The lowest BCUT2D eigenvalue weighted by atomic mass is 10.2. The first-order valence-electron chi connectivity index (χ1n) is 6.44. The minimum absolute atomic E-state index is 0. The summed E-state index contributed by atoms with van der Waals surface area (Å²) >= 11 is 0. The Morgan fingerprint density at radius 3 is 2.64 bits per heavy atom. The van der Waals surface area contributed by atoms with Crippen molar-refractivity contribution < 1.29 is 8.78 Å². The van der Waals surface area contributed by atoms with Gasteiger partial charge in [-0.25, -0.2) is 8.78 Å². The zero-order chi connectivity index (χ0) is 15.2. The average molecular weight is 421 g/mol. The molecule has 0 bridgehead atoms. The molecule has 0 fully saturated rings. The summed E-state index contributed by atoms with van der Waals surface area (Å²) in [7, 11) is 3.45. The first kappa shape index (κ1) is 18.3. The Labute approximate surface area is 144 Å². The van der Waals surface area contributed by atoms with Crippen molar-refractivity contribution >= 4 is 29.9 Å². The molecule has 0 spiro atoms. The number of guanidine groups is 1. The second kappa shape index (κ2) is 8.66. The molecule has 2 rings (SSSR count). The number of hydrogen-bond acceptors (Lipinski definition) is 2. The average Bonchev–Trinajstić information content (AvgIpc) is 2.88. The number of aryl methyl sites for hydroxylation is 1. The molecule has 8 heteroatoms. The quantitative estimate of drug-likeness (QED) is 0.452. The number of halogens is 3. The molecule has 0 aliphatic heterocycles. The maximum Gasteiger partial charge on any atom is 0.191 e.